The minimum atomic E-state index is -0.528. The predicted molar refractivity (Wildman–Crippen MR) is 143 cm³/mol. The van der Waals surface area contributed by atoms with Gasteiger partial charge in [-0.1, -0.05) is 67.1 Å². The predicted octanol–water partition coefficient (Wildman–Crippen LogP) is 5.06. The first-order valence-corrected chi connectivity index (χ1v) is 12.9. The van der Waals surface area contributed by atoms with Gasteiger partial charge in [-0.15, -0.1) is 0 Å². The molecule has 0 aliphatic carbocycles. The lowest BCUT2D eigenvalue weighted by molar-refractivity contribution is -0.125. The highest BCUT2D eigenvalue weighted by Gasteiger charge is 2.32. The topological polar surface area (TPSA) is 61.9 Å². The number of rotatable bonds is 7. The third-order valence-corrected chi connectivity index (χ3v) is 7.05. The van der Waals surface area contributed by atoms with Crippen LogP contribution in [0.4, 0.5) is 11.4 Å². The normalized spacial score (nSPS) is 18.0. The lowest BCUT2D eigenvalue weighted by Crippen LogP contribution is -2.48. The lowest BCUT2D eigenvalue weighted by atomic mass is 9.90. The Morgan fingerprint density at radius 2 is 1.56 bits per heavy atom. The number of nitrogens with one attached hydrogen (secondary N) is 1. The summed E-state index contributed by atoms with van der Waals surface area (Å²) in [5.74, 6) is 0.0519. The molecule has 0 aromatic heterocycles. The minimum Gasteiger partial charge on any atom is -0.479 e. The van der Waals surface area contributed by atoms with Crippen LogP contribution in [-0.2, 0) is 9.59 Å². The van der Waals surface area contributed by atoms with Crippen LogP contribution < -0.4 is 15.0 Å². The third-order valence-electron chi connectivity index (χ3n) is 7.05. The number of carbonyl (C=O) groups is 2. The first-order valence-electron chi connectivity index (χ1n) is 12.9. The Labute approximate surface area is 212 Å². The highest BCUT2D eigenvalue weighted by molar-refractivity contribution is 6.02. The monoisotopic (exact) mass is 483 g/mol. The number of hydrogen-bond donors (Lipinski definition) is 1. The number of benzene rings is 3. The molecule has 1 unspecified atom stereocenters. The fourth-order valence-corrected chi connectivity index (χ4v) is 5.14. The van der Waals surface area contributed by atoms with E-state index in [1.165, 1.54) is 19.3 Å². The maximum absolute atomic E-state index is 13.6. The molecule has 6 nitrogen and oxygen atoms in total. The van der Waals surface area contributed by atoms with Gasteiger partial charge < -0.3 is 19.9 Å². The van der Waals surface area contributed by atoms with Gasteiger partial charge in [0.05, 0.1) is 11.6 Å². The van der Waals surface area contributed by atoms with Gasteiger partial charge in [0.15, 0.2) is 6.10 Å². The summed E-state index contributed by atoms with van der Waals surface area (Å²) in [6.07, 6.45) is 3.18. The van der Waals surface area contributed by atoms with E-state index >= 15 is 0 Å². The number of ether oxygens (including phenoxy) is 1. The Morgan fingerprint density at radius 1 is 0.917 bits per heavy atom. The van der Waals surface area contributed by atoms with E-state index in [2.05, 4.69) is 10.2 Å². The maximum Gasteiger partial charge on any atom is 0.267 e. The fraction of sp³-hybridized carbons (Fsp3) is 0.333. The van der Waals surface area contributed by atoms with Crippen molar-refractivity contribution < 1.29 is 14.3 Å². The average molecular weight is 484 g/mol. The molecule has 1 saturated heterocycles. The zero-order valence-corrected chi connectivity index (χ0v) is 20.7. The molecule has 1 atom stereocenters. The molecule has 1 N–H and O–H groups in total. The van der Waals surface area contributed by atoms with Crippen LogP contribution in [0.15, 0.2) is 78.9 Å². The number of anilines is 2. The van der Waals surface area contributed by atoms with E-state index in [0.29, 0.717) is 23.7 Å². The number of likely N-dealkylation sites (tertiary alicyclic amines) is 1. The molecule has 2 aliphatic heterocycles. The summed E-state index contributed by atoms with van der Waals surface area (Å²) in [5, 5.41) is 3.10. The molecule has 3 aromatic rings. The number of hydrogen-bond acceptors (Lipinski definition) is 4. The second-order valence-electron chi connectivity index (χ2n) is 9.58. The molecule has 3 aromatic carbocycles. The second-order valence-corrected chi connectivity index (χ2v) is 9.58. The molecule has 186 valence electrons. The molecular weight excluding hydrogens is 450 g/mol. The molecule has 5 rings (SSSR count). The van der Waals surface area contributed by atoms with Crippen molar-refractivity contribution in [2.24, 2.45) is 0 Å². The van der Waals surface area contributed by atoms with Crippen LogP contribution in [0.3, 0.4) is 0 Å². The molecule has 36 heavy (non-hydrogen) atoms. The van der Waals surface area contributed by atoms with Gasteiger partial charge in [0.25, 0.3) is 5.91 Å². The highest BCUT2D eigenvalue weighted by Crippen LogP contribution is 2.37. The van der Waals surface area contributed by atoms with Gasteiger partial charge in [0, 0.05) is 18.8 Å². The second kappa shape index (κ2) is 11.0. The van der Waals surface area contributed by atoms with Crippen LogP contribution in [0.2, 0.25) is 0 Å². The van der Waals surface area contributed by atoms with Crippen molar-refractivity contribution >= 4 is 23.2 Å². The number of nitrogens with zero attached hydrogens (tertiary/aromatic N) is 2. The molecule has 1 fully saturated rings. The molecule has 0 saturated carbocycles. The summed E-state index contributed by atoms with van der Waals surface area (Å²) >= 11 is 0. The van der Waals surface area contributed by atoms with Crippen LogP contribution in [0.25, 0.3) is 0 Å². The molecule has 2 aliphatic rings. The van der Waals surface area contributed by atoms with Crippen molar-refractivity contribution in [3.63, 3.8) is 0 Å². The van der Waals surface area contributed by atoms with E-state index in [4.69, 9.17) is 4.74 Å². The zero-order chi connectivity index (χ0) is 24.9. The summed E-state index contributed by atoms with van der Waals surface area (Å²) < 4.78 is 5.89. The standard InChI is InChI=1S/C30H33N3O3/c1-22-30(35)33(20-19-32-17-9-4-10-18-32)26-21-25(15-16-27(26)36-22)31-29(34)28(23-11-5-2-6-12-23)24-13-7-3-8-14-24/h2-3,5-8,11-16,21-22,28H,4,9-10,17-20H2,1H3,(H,31,34). The van der Waals surface area contributed by atoms with Gasteiger partial charge in [-0.05, 0) is 62.2 Å². The van der Waals surface area contributed by atoms with Crippen molar-refractivity contribution in [3.8, 4) is 5.75 Å². The van der Waals surface area contributed by atoms with Gasteiger partial charge in [-0.3, -0.25) is 9.59 Å². The quantitative estimate of drug-likeness (QED) is 0.511. The molecule has 6 heteroatoms. The van der Waals surface area contributed by atoms with E-state index in [1.807, 2.05) is 83.8 Å². The summed E-state index contributed by atoms with van der Waals surface area (Å²) in [7, 11) is 0. The van der Waals surface area contributed by atoms with Crippen LogP contribution in [-0.4, -0.2) is 49.0 Å². The summed E-state index contributed by atoms with van der Waals surface area (Å²) in [5.41, 5.74) is 3.21. The summed E-state index contributed by atoms with van der Waals surface area (Å²) in [4.78, 5) is 30.9. The molecule has 0 spiro atoms. The van der Waals surface area contributed by atoms with E-state index in [9.17, 15) is 9.59 Å². The Hall–Kier alpha value is -3.64. The smallest absolute Gasteiger partial charge is 0.267 e. The van der Waals surface area contributed by atoms with Crippen molar-refractivity contribution in [1.82, 2.24) is 4.90 Å². The Kier molecular flexibility index (Phi) is 7.33. The lowest BCUT2D eigenvalue weighted by Gasteiger charge is -2.35. The minimum absolute atomic E-state index is 0.0468. The molecule has 2 amide bonds. The maximum atomic E-state index is 13.6. The van der Waals surface area contributed by atoms with E-state index in [0.717, 1.165) is 30.8 Å². The largest absolute Gasteiger partial charge is 0.479 e. The van der Waals surface area contributed by atoms with Crippen molar-refractivity contribution in [2.45, 2.75) is 38.2 Å². The number of amides is 2. The summed E-state index contributed by atoms with van der Waals surface area (Å²) in [6, 6.07) is 25.1. The van der Waals surface area contributed by atoms with E-state index in [-0.39, 0.29) is 11.8 Å². The van der Waals surface area contributed by atoms with E-state index in [1.54, 1.807) is 6.92 Å². The van der Waals surface area contributed by atoms with Crippen LogP contribution in [0, 0.1) is 0 Å². The van der Waals surface area contributed by atoms with E-state index < -0.39 is 12.0 Å². The molecule has 0 bridgehead atoms. The van der Waals surface area contributed by atoms with Crippen LogP contribution in [0.1, 0.15) is 43.2 Å². The molecule has 2 heterocycles. The van der Waals surface area contributed by atoms with Gasteiger partial charge in [-0.2, -0.15) is 0 Å². The SMILES string of the molecule is CC1Oc2ccc(NC(=O)C(c3ccccc3)c3ccccc3)cc2N(CCN2CCCCC2)C1=O. The molecular formula is C30H33N3O3. The average Bonchev–Trinajstić information content (AvgIpc) is 2.91. The van der Waals surface area contributed by atoms with Crippen molar-refractivity contribution in [1.29, 1.82) is 0 Å². The summed E-state index contributed by atoms with van der Waals surface area (Å²) in [6.45, 7) is 5.39. The molecule has 0 radical (unpaired) electrons. The number of piperidine rings is 1. The Bertz CT molecular complexity index is 1150. The highest BCUT2D eigenvalue weighted by atomic mass is 16.5. The van der Waals surface area contributed by atoms with Gasteiger partial charge in [-0.25, -0.2) is 0 Å². The van der Waals surface area contributed by atoms with Gasteiger partial charge in [0.2, 0.25) is 5.91 Å². The zero-order valence-electron chi connectivity index (χ0n) is 20.7. The van der Waals surface area contributed by atoms with Crippen molar-refractivity contribution in [3.05, 3.63) is 90.0 Å². The van der Waals surface area contributed by atoms with Gasteiger partial charge >= 0.3 is 0 Å². The Balaban J connectivity index is 1.39. The number of fused-ring (bicyclic) bond motifs is 1. The Morgan fingerprint density at radius 3 is 2.19 bits per heavy atom. The van der Waals surface area contributed by atoms with Crippen LogP contribution in [0.5, 0.6) is 5.75 Å². The first-order chi connectivity index (χ1) is 17.6. The fourth-order valence-electron chi connectivity index (χ4n) is 5.14. The van der Waals surface area contributed by atoms with Crippen LogP contribution >= 0.6 is 0 Å². The first kappa shape index (κ1) is 24.1. The van der Waals surface area contributed by atoms with Gasteiger partial charge in [0.1, 0.15) is 5.75 Å². The third kappa shape index (κ3) is 5.29. The number of carbonyl (C=O) groups excluding carboxylic acids is 2. The van der Waals surface area contributed by atoms with Crippen molar-refractivity contribution in [2.75, 3.05) is 36.4 Å².